The van der Waals surface area contributed by atoms with E-state index in [2.05, 4.69) is 54.8 Å². The van der Waals surface area contributed by atoms with Crippen LogP contribution in [-0.2, 0) is 85.8 Å². The van der Waals surface area contributed by atoms with Gasteiger partial charge in [0.15, 0.2) is 18.9 Å². The number of hydrogen-bond donors (Lipinski definition) is 18. The van der Waals surface area contributed by atoms with E-state index in [1.165, 1.54) is 52.9 Å². The van der Waals surface area contributed by atoms with Crippen LogP contribution in [0.5, 0.6) is 0 Å². The molecule has 3 aliphatic heterocycles. The van der Waals surface area contributed by atoms with Gasteiger partial charge in [-0.2, -0.15) is 0 Å². The van der Waals surface area contributed by atoms with Crippen LogP contribution in [0.15, 0.2) is 0 Å². The first-order chi connectivity index (χ1) is 47.0. The second-order valence-corrected chi connectivity index (χ2v) is 24.0. The van der Waals surface area contributed by atoms with E-state index in [1.807, 2.05) is 0 Å². The molecule has 36 nitrogen and oxygen atoms in total. The second-order valence-electron chi connectivity index (χ2n) is 24.0. The number of nitrogens with one attached hydrogen (secondary N) is 9. The molecule has 9 amide bonds. The Morgan fingerprint density at radius 2 is 0.684 bits per heavy atom. The van der Waals surface area contributed by atoms with Crippen molar-refractivity contribution in [2.45, 2.75) is 234 Å². The molecule has 3 heterocycles. The van der Waals surface area contributed by atoms with Gasteiger partial charge in [0.05, 0.1) is 79.3 Å². The SMILES string of the molecule is CCCCCCCCCCCNC(=O)CCCC(=O)N[C@@H](CCC(=O)N[C@@H](CCC(=O)NCCOCCOC1OC(CO)C(O)C(O)C1NC(C)=O)C(=O)NCCOCCOC1OC(CO)C(O)C(O)C1NC(C)=O)C(=O)NCCOCCOC1OC(CO)C(O)C(O)C1NC(C)=O. The summed E-state index contributed by atoms with van der Waals surface area (Å²) < 4.78 is 50.3. The minimum atomic E-state index is -1.54. The van der Waals surface area contributed by atoms with Crippen molar-refractivity contribution in [3.05, 3.63) is 0 Å². The molecule has 0 aliphatic carbocycles. The van der Waals surface area contributed by atoms with Crippen LogP contribution in [0.3, 0.4) is 0 Å². The van der Waals surface area contributed by atoms with E-state index in [0.717, 1.165) is 25.7 Å². The van der Waals surface area contributed by atoms with Crippen molar-refractivity contribution in [3.8, 4) is 0 Å². The highest BCUT2D eigenvalue weighted by atomic mass is 16.7. The van der Waals surface area contributed by atoms with Gasteiger partial charge in [-0.15, -0.1) is 0 Å². The first kappa shape index (κ1) is 86.7. The van der Waals surface area contributed by atoms with Gasteiger partial charge in [0.2, 0.25) is 53.2 Å². The van der Waals surface area contributed by atoms with Gasteiger partial charge in [0.25, 0.3) is 0 Å². The van der Waals surface area contributed by atoms with Gasteiger partial charge in [-0.25, -0.2) is 0 Å². The van der Waals surface area contributed by atoms with E-state index < -0.39 is 178 Å². The van der Waals surface area contributed by atoms with E-state index in [0.29, 0.717) is 6.54 Å². The van der Waals surface area contributed by atoms with Crippen molar-refractivity contribution in [2.75, 3.05) is 105 Å². The van der Waals surface area contributed by atoms with Gasteiger partial charge in [0.1, 0.15) is 85.1 Å². The van der Waals surface area contributed by atoms with Crippen molar-refractivity contribution in [1.82, 2.24) is 47.9 Å². The molecular weight excluding hydrogens is 1300 g/mol. The molecule has 17 atom stereocenters. The van der Waals surface area contributed by atoms with E-state index >= 15 is 0 Å². The van der Waals surface area contributed by atoms with Gasteiger partial charge in [-0.1, -0.05) is 58.3 Å². The van der Waals surface area contributed by atoms with Crippen molar-refractivity contribution >= 4 is 53.2 Å². The summed E-state index contributed by atoms with van der Waals surface area (Å²) in [5, 5.41) is 115. The van der Waals surface area contributed by atoms with Gasteiger partial charge in [-0.05, 0) is 25.7 Å². The van der Waals surface area contributed by atoms with Crippen molar-refractivity contribution in [1.29, 1.82) is 0 Å². The predicted octanol–water partition coefficient (Wildman–Crippen LogP) is -6.39. The number of carbonyl (C=O) groups excluding carboxylic acids is 9. The molecule has 0 saturated carbocycles. The number of amides is 9. The summed E-state index contributed by atoms with van der Waals surface area (Å²) in [6.45, 7) is 3.05. The summed E-state index contributed by atoms with van der Waals surface area (Å²) in [6, 6.07) is -6.22. The second kappa shape index (κ2) is 49.9. The average molecular weight is 1410 g/mol. The van der Waals surface area contributed by atoms with E-state index in [-0.39, 0.29) is 124 Å². The van der Waals surface area contributed by atoms with Gasteiger partial charge < -0.3 is 136 Å². The molecule has 3 rings (SSSR count). The Labute approximate surface area is 571 Å². The number of rotatable bonds is 51. The molecule has 3 saturated heterocycles. The molecule has 0 aromatic heterocycles. The van der Waals surface area contributed by atoms with Gasteiger partial charge in [-0.3, -0.25) is 43.2 Å². The van der Waals surface area contributed by atoms with Crippen LogP contribution in [0.4, 0.5) is 0 Å². The maximum atomic E-state index is 13.8. The fourth-order valence-electron chi connectivity index (χ4n) is 10.7. The molecule has 566 valence electrons. The lowest BCUT2D eigenvalue weighted by atomic mass is 9.97. The Bertz CT molecular complexity index is 2340. The number of aliphatic hydroxyl groups excluding tert-OH is 9. The summed E-state index contributed by atoms with van der Waals surface area (Å²) in [4.78, 5) is 116. The fourth-order valence-corrected chi connectivity index (χ4v) is 10.7. The lowest BCUT2D eigenvalue weighted by molar-refractivity contribution is -0.272. The van der Waals surface area contributed by atoms with Crippen LogP contribution < -0.4 is 47.9 Å². The zero-order valence-electron chi connectivity index (χ0n) is 56.8. The smallest absolute Gasteiger partial charge is 0.242 e. The van der Waals surface area contributed by atoms with Crippen LogP contribution in [0.2, 0.25) is 0 Å². The molecule has 0 aromatic carbocycles. The maximum absolute atomic E-state index is 13.8. The van der Waals surface area contributed by atoms with Crippen LogP contribution in [0, 0.1) is 0 Å². The summed E-state index contributed by atoms with van der Waals surface area (Å²) in [7, 11) is 0. The maximum Gasteiger partial charge on any atom is 0.242 e. The molecule has 18 N–H and O–H groups in total. The number of hydrogen-bond acceptors (Lipinski definition) is 27. The Kier molecular flexibility index (Phi) is 44.2. The molecule has 0 radical (unpaired) electrons. The molecular formula is C62H111N9O27. The topological polar surface area (TPSA) is 527 Å². The van der Waals surface area contributed by atoms with Gasteiger partial charge >= 0.3 is 0 Å². The Morgan fingerprint density at radius 3 is 1.05 bits per heavy atom. The minimum absolute atomic E-state index is 0.0231. The number of carbonyl (C=O) groups is 9. The zero-order chi connectivity index (χ0) is 72.4. The standard InChI is InChI=1S/C62H111N9O27/c1-5-6-7-8-9-10-11-12-13-21-63-45(78)15-14-16-47(80)70-41(59(89)66-24-27-92-30-33-95-62-51(69-39(4)77)57(87)54(84)44(36-74)98-62)18-20-48(81)71-40(58(88)65-23-26-91-29-32-94-61-50(68-38(3)76)56(86)53(83)43(35-73)97-61)17-19-46(79)64-22-25-90-28-31-93-60-49(67-37(2)75)55(85)52(82)42(34-72)96-60/h40-44,49-57,60-62,72-74,82-87H,5-36H2,1-4H3,(H,63,78)(H,64,79)(H,65,88)(H,66,89)(H,67,75)(H,68,76)(H,69,77)(H,70,80)(H,71,81)/t40-,41-,42?,43?,44?,49?,50?,51?,52?,53?,54?,55?,56?,57?,60?,61?,62?/m0/s1. The normalized spacial score (nSPS) is 26.0. The molecule has 36 heteroatoms. The third-order valence-electron chi connectivity index (χ3n) is 16.0. The Hall–Kier alpha value is -5.49. The molecule has 0 aromatic rings. The summed E-state index contributed by atoms with van der Waals surface area (Å²) in [6.07, 6.45) is -7.75. The highest BCUT2D eigenvalue weighted by molar-refractivity contribution is 5.90. The Balaban J connectivity index is 1.63. The molecule has 3 fully saturated rings. The number of unbranched alkanes of at least 4 members (excludes halogenated alkanes) is 8. The fraction of sp³-hybridized carbons (Fsp3) is 0.855. The van der Waals surface area contributed by atoms with Crippen LogP contribution in [-0.4, -0.2) is 309 Å². The van der Waals surface area contributed by atoms with E-state index in [1.54, 1.807) is 0 Å². The van der Waals surface area contributed by atoms with Crippen molar-refractivity contribution < 1.29 is 132 Å². The first-order valence-corrected chi connectivity index (χ1v) is 33.9. The highest BCUT2D eigenvalue weighted by Crippen LogP contribution is 2.25. The largest absolute Gasteiger partial charge is 0.394 e. The van der Waals surface area contributed by atoms with Crippen molar-refractivity contribution in [3.63, 3.8) is 0 Å². The monoisotopic (exact) mass is 1410 g/mol. The third-order valence-corrected chi connectivity index (χ3v) is 16.0. The first-order valence-electron chi connectivity index (χ1n) is 33.9. The average Bonchev–Trinajstić information content (AvgIpc) is 0.825. The highest BCUT2D eigenvalue weighted by Gasteiger charge is 2.48. The quantitative estimate of drug-likeness (QED) is 0.0252. The van der Waals surface area contributed by atoms with Crippen molar-refractivity contribution in [2.24, 2.45) is 0 Å². The summed E-state index contributed by atoms with van der Waals surface area (Å²) >= 11 is 0. The number of ether oxygens (including phenoxy) is 9. The predicted molar refractivity (Wildman–Crippen MR) is 342 cm³/mol. The molecule has 0 bridgehead atoms. The number of aliphatic hydroxyl groups is 9. The third kappa shape index (κ3) is 33.8. The van der Waals surface area contributed by atoms with E-state index in [9.17, 15) is 89.1 Å². The summed E-state index contributed by atoms with van der Waals surface area (Å²) in [5.74, 6) is -5.24. The van der Waals surface area contributed by atoms with Crippen LogP contribution in [0.25, 0.3) is 0 Å². The minimum Gasteiger partial charge on any atom is -0.394 e. The zero-order valence-corrected chi connectivity index (χ0v) is 56.8. The lowest BCUT2D eigenvalue weighted by Crippen LogP contribution is -2.64. The molecule has 3 aliphatic rings. The van der Waals surface area contributed by atoms with Gasteiger partial charge in [0, 0.05) is 72.6 Å². The van der Waals surface area contributed by atoms with Crippen LogP contribution in [0.1, 0.15) is 130 Å². The van der Waals surface area contributed by atoms with Crippen LogP contribution >= 0.6 is 0 Å². The summed E-state index contributed by atoms with van der Waals surface area (Å²) in [5.41, 5.74) is 0. The molecule has 98 heavy (non-hydrogen) atoms. The molecule has 0 spiro atoms. The Morgan fingerprint density at radius 1 is 0.367 bits per heavy atom. The van der Waals surface area contributed by atoms with E-state index in [4.69, 9.17) is 42.6 Å². The lowest BCUT2D eigenvalue weighted by Gasteiger charge is -2.42. The molecule has 15 unspecified atom stereocenters.